The van der Waals surface area contributed by atoms with Crippen molar-refractivity contribution in [1.29, 1.82) is 0 Å². The maximum Gasteiger partial charge on any atom is 0.145 e. The van der Waals surface area contributed by atoms with E-state index in [1.807, 2.05) is 0 Å². The van der Waals surface area contributed by atoms with Gasteiger partial charge in [-0.25, -0.2) is 4.98 Å². The predicted octanol–water partition coefficient (Wildman–Crippen LogP) is 12.3. The van der Waals surface area contributed by atoms with E-state index in [0.29, 0.717) is 5.92 Å². The summed E-state index contributed by atoms with van der Waals surface area (Å²) in [5.41, 5.74) is 11.9. The van der Waals surface area contributed by atoms with Gasteiger partial charge in [0.25, 0.3) is 0 Å². The zero-order chi connectivity index (χ0) is 32.0. The number of nitrogens with zero attached hydrogens (tertiary/aromatic N) is 2. The topological polar surface area (TPSA) is 17.8 Å². The monoisotopic (exact) mass is 614 g/mol. The van der Waals surface area contributed by atoms with Crippen molar-refractivity contribution < 1.29 is 0 Å². The summed E-state index contributed by atoms with van der Waals surface area (Å²) in [5.74, 6) is 1.50. The minimum Gasteiger partial charge on any atom is -0.292 e. The van der Waals surface area contributed by atoms with Crippen LogP contribution < -0.4 is 0 Å². The molecule has 0 N–H and O–H groups in total. The summed E-state index contributed by atoms with van der Waals surface area (Å²) < 4.78 is 2.29. The van der Waals surface area contributed by atoms with Gasteiger partial charge in [-0.2, -0.15) is 0 Å². The van der Waals surface area contributed by atoms with Crippen molar-refractivity contribution in [3.63, 3.8) is 0 Å². The lowest BCUT2D eigenvalue weighted by Crippen LogP contribution is -1.98. The largest absolute Gasteiger partial charge is 0.292 e. The van der Waals surface area contributed by atoms with Gasteiger partial charge in [0, 0.05) is 11.3 Å². The number of aromatic nitrogens is 2. The number of allylic oxidation sites excluding steroid dienone is 4. The number of hydrogen-bond acceptors (Lipinski definition) is 1. The fraction of sp³-hybridized carbons (Fsp3) is 0.0652. The van der Waals surface area contributed by atoms with Crippen LogP contribution in [-0.4, -0.2) is 9.55 Å². The van der Waals surface area contributed by atoms with Gasteiger partial charge in [-0.1, -0.05) is 146 Å². The molecule has 0 radical (unpaired) electrons. The molecular formula is C46H34N2. The smallest absolute Gasteiger partial charge is 0.145 e. The van der Waals surface area contributed by atoms with Crippen LogP contribution in [0, 0.1) is 5.92 Å². The Hall–Kier alpha value is -5.99. The standard InChI is InChI=1S/C46H34N2/c1-31-13-12-16-35(29-31)32-23-25-34(26-24-32)44-38-19-8-9-20-39(38)45(33-14-4-2-5-15-33)41-30-36(27-28-40(41)44)46-47-42-21-10-11-22-43(42)48(46)37-17-6-3-7-18-37/h2-28,30-31H,29H2,1H3. The van der Waals surface area contributed by atoms with Crippen LogP contribution in [0.2, 0.25) is 0 Å². The van der Waals surface area contributed by atoms with Gasteiger partial charge in [0.05, 0.1) is 11.0 Å². The molecule has 1 atom stereocenters. The van der Waals surface area contributed by atoms with Crippen LogP contribution in [0.5, 0.6) is 0 Å². The van der Waals surface area contributed by atoms with E-state index in [4.69, 9.17) is 4.98 Å². The average Bonchev–Trinajstić information content (AvgIpc) is 3.54. The molecule has 0 spiro atoms. The predicted molar refractivity (Wildman–Crippen MR) is 203 cm³/mol. The van der Waals surface area contributed by atoms with E-state index in [-0.39, 0.29) is 0 Å². The van der Waals surface area contributed by atoms with Gasteiger partial charge in [-0.15, -0.1) is 0 Å². The van der Waals surface area contributed by atoms with E-state index in [0.717, 1.165) is 34.5 Å². The minimum atomic E-state index is 0.562. The molecule has 48 heavy (non-hydrogen) atoms. The minimum absolute atomic E-state index is 0.562. The molecule has 1 aliphatic carbocycles. The number of hydrogen-bond donors (Lipinski definition) is 0. The van der Waals surface area contributed by atoms with E-state index >= 15 is 0 Å². The Bertz CT molecular complexity index is 2520. The average molecular weight is 615 g/mol. The Morgan fingerprint density at radius 3 is 1.88 bits per heavy atom. The lowest BCUT2D eigenvalue weighted by Gasteiger charge is -2.19. The summed E-state index contributed by atoms with van der Waals surface area (Å²) in [5, 5.41) is 4.96. The van der Waals surface area contributed by atoms with Crippen LogP contribution in [-0.2, 0) is 0 Å². The summed E-state index contributed by atoms with van der Waals surface area (Å²) in [6, 6.07) is 54.8. The van der Waals surface area contributed by atoms with Crippen molar-refractivity contribution in [1.82, 2.24) is 9.55 Å². The molecule has 1 unspecified atom stereocenters. The zero-order valence-corrected chi connectivity index (χ0v) is 26.8. The van der Waals surface area contributed by atoms with E-state index in [2.05, 4.69) is 181 Å². The normalized spacial score (nSPS) is 14.5. The molecule has 0 aliphatic heterocycles. The third-order valence-corrected chi connectivity index (χ3v) is 9.74. The quantitative estimate of drug-likeness (QED) is 0.176. The van der Waals surface area contributed by atoms with Crippen LogP contribution >= 0.6 is 0 Å². The van der Waals surface area contributed by atoms with Gasteiger partial charge in [-0.3, -0.25) is 4.57 Å². The summed E-state index contributed by atoms with van der Waals surface area (Å²) in [4.78, 5) is 5.22. The molecule has 1 heterocycles. The first-order valence-electron chi connectivity index (χ1n) is 16.8. The second-order valence-electron chi connectivity index (χ2n) is 12.9. The molecule has 2 heteroatoms. The number of rotatable bonds is 5. The summed E-state index contributed by atoms with van der Waals surface area (Å²) in [7, 11) is 0. The van der Waals surface area contributed by atoms with Gasteiger partial charge in [0.15, 0.2) is 0 Å². The highest BCUT2D eigenvalue weighted by Gasteiger charge is 2.20. The summed E-state index contributed by atoms with van der Waals surface area (Å²) in [6.45, 7) is 2.29. The molecule has 1 aromatic heterocycles. The number of benzene rings is 7. The molecule has 0 saturated heterocycles. The van der Waals surface area contributed by atoms with E-state index in [1.165, 1.54) is 54.9 Å². The molecule has 0 fully saturated rings. The molecule has 9 rings (SSSR count). The Balaban J connectivity index is 1.32. The Kier molecular flexibility index (Phi) is 6.87. The highest BCUT2D eigenvalue weighted by Crippen LogP contribution is 2.45. The molecule has 0 amide bonds. The maximum atomic E-state index is 5.22. The first-order chi connectivity index (χ1) is 23.7. The summed E-state index contributed by atoms with van der Waals surface area (Å²) >= 11 is 0. The highest BCUT2D eigenvalue weighted by atomic mass is 15.1. The molecule has 0 saturated carbocycles. The summed E-state index contributed by atoms with van der Waals surface area (Å²) in [6.07, 6.45) is 7.82. The lowest BCUT2D eigenvalue weighted by molar-refractivity contribution is 0.749. The van der Waals surface area contributed by atoms with Crippen LogP contribution in [0.25, 0.3) is 77.5 Å². The van der Waals surface area contributed by atoms with Crippen LogP contribution in [0.4, 0.5) is 0 Å². The number of imidazole rings is 1. The van der Waals surface area contributed by atoms with Gasteiger partial charge in [0.2, 0.25) is 0 Å². The van der Waals surface area contributed by atoms with Crippen LogP contribution in [0.1, 0.15) is 18.9 Å². The molecule has 0 bridgehead atoms. The molecule has 7 aromatic carbocycles. The Morgan fingerprint density at radius 2 is 1.12 bits per heavy atom. The molecule has 8 aromatic rings. The maximum absolute atomic E-state index is 5.22. The van der Waals surface area contributed by atoms with Crippen molar-refractivity contribution in [2.75, 3.05) is 0 Å². The van der Waals surface area contributed by atoms with E-state index in [9.17, 15) is 0 Å². The van der Waals surface area contributed by atoms with E-state index < -0.39 is 0 Å². The second kappa shape index (κ2) is 11.7. The first kappa shape index (κ1) is 28.3. The highest BCUT2D eigenvalue weighted by molar-refractivity contribution is 6.22. The number of fused-ring (bicyclic) bond motifs is 3. The molecule has 228 valence electrons. The first-order valence-corrected chi connectivity index (χ1v) is 16.8. The van der Waals surface area contributed by atoms with Crippen molar-refractivity contribution in [3.8, 4) is 39.3 Å². The van der Waals surface area contributed by atoms with Gasteiger partial charge in [0.1, 0.15) is 5.82 Å². The number of para-hydroxylation sites is 3. The van der Waals surface area contributed by atoms with Gasteiger partial charge < -0.3 is 0 Å². The third kappa shape index (κ3) is 4.77. The van der Waals surface area contributed by atoms with Crippen molar-refractivity contribution in [3.05, 3.63) is 175 Å². The zero-order valence-electron chi connectivity index (χ0n) is 26.8. The second-order valence-corrected chi connectivity index (χ2v) is 12.9. The van der Waals surface area contributed by atoms with Crippen molar-refractivity contribution >= 4 is 38.2 Å². The third-order valence-electron chi connectivity index (χ3n) is 9.74. The fourth-order valence-electron chi connectivity index (χ4n) is 7.51. The molecule has 1 aliphatic rings. The van der Waals surface area contributed by atoms with E-state index in [1.54, 1.807) is 0 Å². The van der Waals surface area contributed by atoms with Crippen LogP contribution in [0.15, 0.2) is 170 Å². The van der Waals surface area contributed by atoms with Crippen molar-refractivity contribution in [2.45, 2.75) is 13.3 Å². The Labute approximate surface area is 281 Å². The fourth-order valence-corrected chi connectivity index (χ4v) is 7.51. The molecule has 2 nitrogen and oxygen atoms in total. The van der Waals surface area contributed by atoms with Crippen LogP contribution in [0.3, 0.4) is 0 Å². The van der Waals surface area contributed by atoms with Gasteiger partial charge in [-0.05, 0) is 97.6 Å². The van der Waals surface area contributed by atoms with Crippen molar-refractivity contribution in [2.24, 2.45) is 5.92 Å². The molecular weight excluding hydrogens is 581 g/mol. The van der Waals surface area contributed by atoms with Gasteiger partial charge >= 0.3 is 0 Å². The lowest BCUT2D eigenvalue weighted by atomic mass is 9.84. The SMILES string of the molecule is CC1C=CC=C(c2ccc(-c3c4ccccc4c(-c4ccccc4)c4cc(-c5nc6ccccc6n5-c5ccccc5)ccc34)cc2)C1. The Morgan fingerprint density at radius 1 is 0.542 bits per heavy atom.